The molecule has 25 heavy (non-hydrogen) atoms. The number of para-hydroxylation sites is 1. The highest BCUT2D eigenvalue weighted by Crippen LogP contribution is 2.29. The molecule has 1 N–H and O–H groups in total. The number of nitrogens with one attached hydrogen (secondary N) is 1. The minimum absolute atomic E-state index is 0.136. The smallest absolute Gasteiger partial charge is 0.226 e. The van der Waals surface area contributed by atoms with Crippen LogP contribution in [0.1, 0.15) is 5.56 Å². The van der Waals surface area contributed by atoms with Gasteiger partial charge < -0.3 is 5.32 Å². The number of aryl methyl sites for hydroxylation is 1. The zero-order chi connectivity index (χ0) is 17.4. The fourth-order valence-corrected chi connectivity index (χ4v) is 3.02. The van der Waals surface area contributed by atoms with Crippen molar-refractivity contribution in [2.24, 2.45) is 0 Å². The number of benzene rings is 2. The number of rotatable bonds is 3. The standard InChI is InChI=1S/C18H13Cl2N5/c1-11-5-4-6-12(9-11)22-16-13-10-21-25(17(13)24-18(20)23-16)15-8-3-2-7-14(15)19/h2-10H,1H3,(H,22,23,24). The van der Waals surface area contributed by atoms with Crippen molar-refractivity contribution in [3.05, 3.63) is 70.6 Å². The maximum Gasteiger partial charge on any atom is 0.226 e. The summed E-state index contributed by atoms with van der Waals surface area (Å²) in [5.41, 5.74) is 3.38. The Kier molecular flexibility index (Phi) is 4.03. The van der Waals surface area contributed by atoms with E-state index in [1.807, 2.05) is 49.4 Å². The first-order chi connectivity index (χ1) is 12.1. The monoisotopic (exact) mass is 369 g/mol. The summed E-state index contributed by atoms with van der Waals surface area (Å²) in [5, 5.41) is 9.17. The van der Waals surface area contributed by atoms with E-state index < -0.39 is 0 Å². The lowest BCUT2D eigenvalue weighted by atomic mass is 10.2. The molecule has 0 aliphatic rings. The lowest BCUT2D eigenvalue weighted by molar-refractivity contribution is 0.895. The van der Waals surface area contributed by atoms with Gasteiger partial charge in [-0.2, -0.15) is 15.1 Å². The molecule has 0 spiro atoms. The van der Waals surface area contributed by atoms with Crippen LogP contribution in [-0.2, 0) is 0 Å². The van der Waals surface area contributed by atoms with Crippen molar-refractivity contribution in [3.63, 3.8) is 0 Å². The first kappa shape index (κ1) is 15.9. The maximum absolute atomic E-state index is 6.29. The highest BCUT2D eigenvalue weighted by molar-refractivity contribution is 6.32. The second kappa shape index (κ2) is 6.35. The van der Waals surface area contributed by atoms with E-state index in [4.69, 9.17) is 23.2 Å². The van der Waals surface area contributed by atoms with E-state index in [2.05, 4.69) is 20.4 Å². The van der Waals surface area contributed by atoms with Crippen molar-refractivity contribution in [1.82, 2.24) is 19.7 Å². The molecule has 0 radical (unpaired) electrons. The van der Waals surface area contributed by atoms with Crippen LogP contribution in [0.4, 0.5) is 11.5 Å². The third-order valence-corrected chi connectivity index (χ3v) is 4.25. The van der Waals surface area contributed by atoms with Crippen LogP contribution in [0, 0.1) is 6.92 Å². The molecule has 0 atom stereocenters. The summed E-state index contributed by atoms with van der Waals surface area (Å²) in [6, 6.07) is 15.4. The van der Waals surface area contributed by atoms with Gasteiger partial charge in [0.2, 0.25) is 5.28 Å². The Hall–Kier alpha value is -2.63. The molecule has 0 amide bonds. The molecule has 2 heterocycles. The molecule has 0 fully saturated rings. The number of anilines is 2. The number of hydrogen-bond donors (Lipinski definition) is 1. The molecule has 7 heteroatoms. The topological polar surface area (TPSA) is 55.6 Å². The molecule has 5 nitrogen and oxygen atoms in total. The average Bonchev–Trinajstić information content (AvgIpc) is 2.99. The predicted octanol–water partition coefficient (Wildman–Crippen LogP) is 5.17. The van der Waals surface area contributed by atoms with Gasteiger partial charge in [-0.05, 0) is 48.4 Å². The Balaban J connectivity index is 1.86. The van der Waals surface area contributed by atoms with Gasteiger partial charge >= 0.3 is 0 Å². The van der Waals surface area contributed by atoms with Crippen molar-refractivity contribution in [1.29, 1.82) is 0 Å². The van der Waals surface area contributed by atoms with E-state index in [0.717, 1.165) is 22.3 Å². The van der Waals surface area contributed by atoms with Gasteiger partial charge in [0, 0.05) is 5.69 Å². The van der Waals surface area contributed by atoms with Gasteiger partial charge in [-0.25, -0.2) is 4.68 Å². The summed E-state index contributed by atoms with van der Waals surface area (Å²) in [6.45, 7) is 2.03. The van der Waals surface area contributed by atoms with Crippen LogP contribution in [0.2, 0.25) is 10.3 Å². The van der Waals surface area contributed by atoms with Crippen LogP contribution in [0.25, 0.3) is 16.7 Å². The highest BCUT2D eigenvalue weighted by atomic mass is 35.5. The van der Waals surface area contributed by atoms with E-state index in [9.17, 15) is 0 Å². The van der Waals surface area contributed by atoms with Gasteiger partial charge in [-0.1, -0.05) is 35.9 Å². The van der Waals surface area contributed by atoms with Gasteiger partial charge in [0.25, 0.3) is 0 Å². The second-order valence-electron chi connectivity index (χ2n) is 5.58. The minimum atomic E-state index is 0.136. The van der Waals surface area contributed by atoms with Gasteiger partial charge in [0.15, 0.2) is 5.65 Å². The SMILES string of the molecule is Cc1cccc(Nc2nc(Cl)nc3c2cnn3-c2ccccc2Cl)c1. The summed E-state index contributed by atoms with van der Waals surface area (Å²) >= 11 is 12.4. The van der Waals surface area contributed by atoms with E-state index in [1.54, 1.807) is 16.9 Å². The summed E-state index contributed by atoms with van der Waals surface area (Å²) in [7, 11) is 0. The number of halogens is 2. The third kappa shape index (κ3) is 3.04. The van der Waals surface area contributed by atoms with Gasteiger partial charge in [-0.15, -0.1) is 0 Å². The van der Waals surface area contributed by atoms with Gasteiger partial charge in [0.05, 0.1) is 22.3 Å². The zero-order valence-corrected chi connectivity index (χ0v) is 14.8. The number of hydrogen-bond acceptors (Lipinski definition) is 4. The molecule has 2 aromatic carbocycles. The molecule has 4 aromatic rings. The fraction of sp³-hybridized carbons (Fsp3) is 0.0556. The number of nitrogens with zero attached hydrogens (tertiary/aromatic N) is 4. The average molecular weight is 370 g/mol. The van der Waals surface area contributed by atoms with Crippen LogP contribution in [-0.4, -0.2) is 19.7 Å². The van der Waals surface area contributed by atoms with Crippen LogP contribution >= 0.6 is 23.2 Å². The Morgan fingerprint density at radius 1 is 1.00 bits per heavy atom. The summed E-state index contributed by atoms with van der Waals surface area (Å²) in [4.78, 5) is 8.64. The van der Waals surface area contributed by atoms with Crippen molar-refractivity contribution in [2.45, 2.75) is 6.92 Å². The van der Waals surface area contributed by atoms with Crippen LogP contribution < -0.4 is 5.32 Å². The summed E-state index contributed by atoms with van der Waals surface area (Å²) in [6.07, 6.45) is 1.70. The normalized spacial score (nSPS) is 11.0. The molecule has 0 saturated heterocycles. The van der Waals surface area contributed by atoms with E-state index in [1.165, 1.54) is 0 Å². The Morgan fingerprint density at radius 2 is 1.84 bits per heavy atom. The Morgan fingerprint density at radius 3 is 2.64 bits per heavy atom. The van der Waals surface area contributed by atoms with Crippen LogP contribution in [0.15, 0.2) is 54.7 Å². The first-order valence-corrected chi connectivity index (χ1v) is 8.37. The molecule has 0 bridgehead atoms. The molecule has 4 rings (SSSR count). The van der Waals surface area contributed by atoms with Gasteiger partial charge in [-0.3, -0.25) is 0 Å². The maximum atomic E-state index is 6.29. The van der Waals surface area contributed by atoms with Gasteiger partial charge in [0.1, 0.15) is 5.82 Å². The van der Waals surface area contributed by atoms with E-state index >= 15 is 0 Å². The fourth-order valence-electron chi connectivity index (χ4n) is 2.64. The number of fused-ring (bicyclic) bond motifs is 1. The molecule has 0 saturated carbocycles. The molecular formula is C18H13Cl2N5. The molecule has 0 unspecified atom stereocenters. The van der Waals surface area contributed by atoms with Crippen molar-refractivity contribution >= 4 is 45.7 Å². The van der Waals surface area contributed by atoms with Crippen molar-refractivity contribution in [3.8, 4) is 5.69 Å². The summed E-state index contributed by atoms with van der Waals surface area (Å²) in [5.74, 6) is 0.596. The quantitative estimate of drug-likeness (QED) is 0.505. The van der Waals surface area contributed by atoms with Crippen molar-refractivity contribution < 1.29 is 0 Å². The lowest BCUT2D eigenvalue weighted by Crippen LogP contribution is -2.01. The zero-order valence-electron chi connectivity index (χ0n) is 13.2. The largest absolute Gasteiger partial charge is 0.339 e. The first-order valence-electron chi connectivity index (χ1n) is 7.62. The lowest BCUT2D eigenvalue weighted by Gasteiger charge is -2.09. The predicted molar refractivity (Wildman–Crippen MR) is 101 cm³/mol. The van der Waals surface area contributed by atoms with E-state index in [-0.39, 0.29) is 5.28 Å². The van der Waals surface area contributed by atoms with Crippen LogP contribution in [0.3, 0.4) is 0 Å². The van der Waals surface area contributed by atoms with Crippen molar-refractivity contribution in [2.75, 3.05) is 5.32 Å². The number of aromatic nitrogens is 4. The Labute approximate surface area is 154 Å². The summed E-state index contributed by atoms with van der Waals surface area (Å²) < 4.78 is 1.66. The third-order valence-electron chi connectivity index (χ3n) is 3.76. The molecule has 0 aliphatic heterocycles. The minimum Gasteiger partial charge on any atom is -0.339 e. The van der Waals surface area contributed by atoms with E-state index in [0.29, 0.717) is 16.5 Å². The molecule has 124 valence electrons. The molecule has 2 aromatic heterocycles. The molecular weight excluding hydrogens is 357 g/mol. The molecule has 0 aliphatic carbocycles. The highest BCUT2D eigenvalue weighted by Gasteiger charge is 2.15. The Bertz CT molecular complexity index is 1070. The van der Waals surface area contributed by atoms with Crippen LogP contribution in [0.5, 0.6) is 0 Å². The second-order valence-corrected chi connectivity index (χ2v) is 6.33.